The molecule has 1 aliphatic rings. The summed E-state index contributed by atoms with van der Waals surface area (Å²) in [5.74, 6) is 8.99. The van der Waals surface area contributed by atoms with Gasteiger partial charge in [0.2, 0.25) is 0 Å². The zero-order chi connectivity index (χ0) is 10.9. The van der Waals surface area contributed by atoms with Crippen molar-refractivity contribution in [2.45, 2.75) is 57.9 Å². The van der Waals surface area contributed by atoms with Crippen LogP contribution in [0.1, 0.15) is 51.9 Å². The van der Waals surface area contributed by atoms with E-state index in [0.717, 1.165) is 5.92 Å². The fourth-order valence-electron chi connectivity index (χ4n) is 2.38. The van der Waals surface area contributed by atoms with Gasteiger partial charge in [-0.05, 0) is 24.5 Å². The molecule has 3 N–H and O–H groups in total. The molecule has 1 atom stereocenters. The van der Waals surface area contributed by atoms with Gasteiger partial charge in [0.1, 0.15) is 0 Å². The van der Waals surface area contributed by atoms with E-state index in [9.17, 15) is 0 Å². The number of rotatable bonds is 7. The first-order valence-electron chi connectivity index (χ1n) is 6.40. The van der Waals surface area contributed by atoms with Gasteiger partial charge in [-0.25, -0.2) is 0 Å². The van der Waals surface area contributed by atoms with Crippen LogP contribution in [0.2, 0.25) is 0 Å². The summed E-state index contributed by atoms with van der Waals surface area (Å²) in [6.07, 6.45) is 9.72. The third-order valence-corrected chi connectivity index (χ3v) is 4.58. The molecule has 90 valence electrons. The van der Waals surface area contributed by atoms with Crippen LogP contribution >= 0.6 is 11.8 Å². The van der Waals surface area contributed by atoms with Crippen molar-refractivity contribution in [3.63, 3.8) is 0 Å². The molecule has 0 bridgehead atoms. The number of nitrogens with one attached hydrogen (secondary N) is 1. The molecule has 0 saturated heterocycles. The second kappa shape index (κ2) is 8.43. The third kappa shape index (κ3) is 5.79. The quantitative estimate of drug-likeness (QED) is 0.401. The number of thioether (sulfide) groups is 1. The normalized spacial score (nSPS) is 20.4. The van der Waals surface area contributed by atoms with Gasteiger partial charge in [0.25, 0.3) is 0 Å². The number of hydrogen-bond acceptors (Lipinski definition) is 3. The minimum atomic E-state index is 0.532. The van der Waals surface area contributed by atoms with Gasteiger partial charge >= 0.3 is 0 Å². The third-order valence-electron chi connectivity index (χ3n) is 3.25. The first-order chi connectivity index (χ1) is 7.36. The van der Waals surface area contributed by atoms with E-state index in [0.29, 0.717) is 6.04 Å². The van der Waals surface area contributed by atoms with Gasteiger partial charge < -0.3 is 0 Å². The van der Waals surface area contributed by atoms with Gasteiger partial charge in [0.05, 0.1) is 0 Å². The van der Waals surface area contributed by atoms with Gasteiger partial charge in [-0.3, -0.25) is 11.3 Å². The molecule has 0 aromatic heterocycles. The summed E-state index contributed by atoms with van der Waals surface area (Å²) >= 11 is 2.03. The lowest BCUT2D eigenvalue weighted by atomic mass is 9.85. The van der Waals surface area contributed by atoms with E-state index in [-0.39, 0.29) is 0 Å². The van der Waals surface area contributed by atoms with E-state index in [1.165, 1.54) is 56.5 Å². The largest absolute Gasteiger partial charge is 0.271 e. The molecule has 1 fully saturated rings. The van der Waals surface area contributed by atoms with Crippen molar-refractivity contribution in [3.8, 4) is 0 Å². The molecule has 0 spiro atoms. The van der Waals surface area contributed by atoms with Crippen LogP contribution in [0.25, 0.3) is 0 Å². The first kappa shape index (κ1) is 13.3. The molecular weight excluding hydrogens is 204 g/mol. The average Bonchev–Trinajstić information content (AvgIpc) is 2.29. The molecule has 0 aromatic rings. The summed E-state index contributed by atoms with van der Waals surface area (Å²) in [5.41, 5.74) is 2.99. The molecule has 2 nitrogen and oxygen atoms in total. The molecular formula is C12H26N2S. The first-order valence-corrected chi connectivity index (χ1v) is 7.56. The van der Waals surface area contributed by atoms with Gasteiger partial charge in [0, 0.05) is 11.8 Å². The van der Waals surface area contributed by atoms with Crippen LogP contribution in [0.3, 0.4) is 0 Å². The Morgan fingerprint density at radius 3 is 2.67 bits per heavy atom. The highest BCUT2D eigenvalue weighted by atomic mass is 32.2. The van der Waals surface area contributed by atoms with E-state index < -0.39 is 0 Å². The molecule has 0 heterocycles. The molecule has 3 heteroatoms. The maximum Gasteiger partial charge on any atom is 0.0303 e. The standard InChI is InChI=1S/C12H26N2S/c1-2-8-15-10-12(14-13)9-11-6-4-3-5-7-11/h11-12,14H,2-10,13H2,1H3. The molecule has 0 aliphatic heterocycles. The second-order valence-corrected chi connectivity index (χ2v) is 5.83. The predicted octanol–water partition coefficient (Wildman–Crippen LogP) is 2.93. The zero-order valence-corrected chi connectivity index (χ0v) is 10.8. The minimum absolute atomic E-state index is 0.532. The summed E-state index contributed by atoms with van der Waals surface area (Å²) < 4.78 is 0. The van der Waals surface area contributed by atoms with Gasteiger partial charge in [0.15, 0.2) is 0 Å². The topological polar surface area (TPSA) is 38.0 Å². The summed E-state index contributed by atoms with van der Waals surface area (Å²) in [4.78, 5) is 0. The van der Waals surface area contributed by atoms with Gasteiger partial charge in [-0.15, -0.1) is 0 Å². The average molecular weight is 230 g/mol. The zero-order valence-electron chi connectivity index (χ0n) is 10.0. The van der Waals surface area contributed by atoms with E-state index >= 15 is 0 Å². The lowest BCUT2D eigenvalue weighted by Crippen LogP contribution is -2.38. The highest BCUT2D eigenvalue weighted by Gasteiger charge is 2.17. The van der Waals surface area contributed by atoms with Crippen LogP contribution < -0.4 is 11.3 Å². The van der Waals surface area contributed by atoms with Crippen molar-refractivity contribution in [3.05, 3.63) is 0 Å². The van der Waals surface area contributed by atoms with E-state index in [1.54, 1.807) is 0 Å². The summed E-state index contributed by atoms with van der Waals surface area (Å²) in [7, 11) is 0. The van der Waals surface area contributed by atoms with Crippen molar-refractivity contribution >= 4 is 11.8 Å². The number of hydrogen-bond donors (Lipinski definition) is 2. The number of hydrazine groups is 1. The summed E-state index contributed by atoms with van der Waals surface area (Å²) in [5, 5.41) is 0. The summed E-state index contributed by atoms with van der Waals surface area (Å²) in [6.45, 7) is 2.24. The SMILES string of the molecule is CCCSCC(CC1CCCCC1)NN. The lowest BCUT2D eigenvalue weighted by molar-refractivity contribution is 0.308. The van der Waals surface area contributed by atoms with Crippen molar-refractivity contribution in [1.82, 2.24) is 5.43 Å². The Bertz CT molecular complexity index is 147. The molecule has 0 amide bonds. The predicted molar refractivity (Wildman–Crippen MR) is 69.9 cm³/mol. The Labute approximate surface area is 98.7 Å². The van der Waals surface area contributed by atoms with Crippen molar-refractivity contribution < 1.29 is 0 Å². The molecule has 0 radical (unpaired) electrons. The Morgan fingerprint density at radius 1 is 1.33 bits per heavy atom. The van der Waals surface area contributed by atoms with E-state index in [4.69, 9.17) is 5.84 Å². The van der Waals surface area contributed by atoms with E-state index in [2.05, 4.69) is 12.3 Å². The van der Waals surface area contributed by atoms with Gasteiger partial charge in [-0.2, -0.15) is 11.8 Å². The molecule has 1 rings (SSSR count). The van der Waals surface area contributed by atoms with Crippen LogP contribution in [-0.4, -0.2) is 17.5 Å². The van der Waals surface area contributed by atoms with Crippen LogP contribution in [0.15, 0.2) is 0 Å². The maximum absolute atomic E-state index is 5.61. The lowest BCUT2D eigenvalue weighted by Gasteiger charge is -2.26. The van der Waals surface area contributed by atoms with Crippen molar-refractivity contribution in [1.29, 1.82) is 0 Å². The monoisotopic (exact) mass is 230 g/mol. The molecule has 1 saturated carbocycles. The van der Waals surface area contributed by atoms with Crippen LogP contribution in [0.5, 0.6) is 0 Å². The Kier molecular flexibility index (Phi) is 7.49. The minimum Gasteiger partial charge on any atom is -0.271 e. The Balaban J connectivity index is 2.13. The van der Waals surface area contributed by atoms with Crippen LogP contribution in [0.4, 0.5) is 0 Å². The molecule has 0 aromatic carbocycles. The Hall–Kier alpha value is 0.270. The fraction of sp³-hybridized carbons (Fsp3) is 1.00. The molecule has 15 heavy (non-hydrogen) atoms. The second-order valence-electron chi connectivity index (χ2n) is 4.68. The smallest absolute Gasteiger partial charge is 0.0303 e. The summed E-state index contributed by atoms with van der Waals surface area (Å²) in [6, 6.07) is 0.532. The fourth-order valence-corrected chi connectivity index (χ4v) is 3.35. The van der Waals surface area contributed by atoms with Crippen molar-refractivity contribution in [2.75, 3.05) is 11.5 Å². The Morgan fingerprint density at radius 2 is 2.07 bits per heavy atom. The van der Waals surface area contributed by atoms with Crippen LogP contribution in [-0.2, 0) is 0 Å². The van der Waals surface area contributed by atoms with Gasteiger partial charge in [-0.1, -0.05) is 39.0 Å². The van der Waals surface area contributed by atoms with E-state index in [1.807, 2.05) is 11.8 Å². The highest BCUT2D eigenvalue weighted by Crippen LogP contribution is 2.27. The van der Waals surface area contributed by atoms with Crippen LogP contribution in [0, 0.1) is 5.92 Å². The van der Waals surface area contributed by atoms with Crippen molar-refractivity contribution in [2.24, 2.45) is 11.8 Å². The molecule has 1 aliphatic carbocycles. The maximum atomic E-state index is 5.61. The molecule has 1 unspecified atom stereocenters. The number of nitrogens with two attached hydrogens (primary N) is 1. The highest BCUT2D eigenvalue weighted by molar-refractivity contribution is 7.99.